The van der Waals surface area contributed by atoms with Crippen molar-refractivity contribution in [2.45, 2.75) is 20.0 Å². The molecule has 0 saturated carbocycles. The van der Waals surface area contributed by atoms with E-state index in [1.807, 2.05) is 6.92 Å². The average Bonchev–Trinajstić information content (AvgIpc) is 2.77. The minimum absolute atomic E-state index is 0.0897. The lowest BCUT2D eigenvalue weighted by molar-refractivity contribution is 0.0696. The normalized spacial score (nSPS) is 10.6. The van der Waals surface area contributed by atoms with Gasteiger partial charge in [-0.1, -0.05) is 0 Å². The molecule has 0 aliphatic carbocycles. The van der Waals surface area contributed by atoms with E-state index in [4.69, 9.17) is 5.11 Å². The summed E-state index contributed by atoms with van der Waals surface area (Å²) in [6.45, 7) is 2.79. The molecule has 0 fully saturated rings. The van der Waals surface area contributed by atoms with Gasteiger partial charge in [0.25, 0.3) is 0 Å². The molecule has 0 spiro atoms. The monoisotopic (exact) mass is 280 g/mol. The van der Waals surface area contributed by atoms with Crippen LogP contribution in [0.15, 0.2) is 24.4 Å². The lowest BCUT2D eigenvalue weighted by atomic mass is 10.1. The fourth-order valence-corrected chi connectivity index (χ4v) is 2.42. The van der Waals surface area contributed by atoms with Gasteiger partial charge in [0.05, 0.1) is 10.6 Å². The minimum Gasteiger partial charge on any atom is -0.478 e. The third kappa shape index (κ3) is 3.59. The van der Waals surface area contributed by atoms with Crippen molar-refractivity contribution >= 4 is 17.3 Å². The summed E-state index contributed by atoms with van der Waals surface area (Å²) < 4.78 is 13.5. The lowest BCUT2D eigenvalue weighted by Crippen LogP contribution is -2.13. The number of nitrogens with one attached hydrogen (secondary N) is 1. The average molecular weight is 280 g/mol. The van der Waals surface area contributed by atoms with Crippen LogP contribution in [0.5, 0.6) is 0 Å². The van der Waals surface area contributed by atoms with Crippen LogP contribution in [0, 0.1) is 12.7 Å². The van der Waals surface area contributed by atoms with Gasteiger partial charge in [0.2, 0.25) is 0 Å². The lowest BCUT2D eigenvalue weighted by Gasteiger charge is -2.06. The summed E-state index contributed by atoms with van der Waals surface area (Å²) in [6, 6.07) is 3.79. The SMILES string of the molecule is Cc1ncc(CNCc2cc(C(=O)O)ccc2F)s1. The van der Waals surface area contributed by atoms with Gasteiger partial charge in [-0.25, -0.2) is 14.2 Å². The number of carbonyl (C=O) groups is 1. The number of aromatic nitrogens is 1. The summed E-state index contributed by atoms with van der Waals surface area (Å²) >= 11 is 1.57. The van der Waals surface area contributed by atoms with Gasteiger partial charge in [-0.05, 0) is 25.1 Å². The zero-order valence-electron chi connectivity index (χ0n) is 10.3. The van der Waals surface area contributed by atoms with Crippen LogP contribution in [0.1, 0.15) is 25.8 Å². The Balaban J connectivity index is 1.99. The molecule has 1 aromatic carbocycles. The van der Waals surface area contributed by atoms with Crippen LogP contribution >= 0.6 is 11.3 Å². The summed E-state index contributed by atoms with van der Waals surface area (Å²) in [6.07, 6.45) is 1.77. The molecule has 0 saturated heterocycles. The van der Waals surface area contributed by atoms with Crippen molar-refractivity contribution < 1.29 is 14.3 Å². The molecule has 1 heterocycles. The van der Waals surface area contributed by atoms with Crippen molar-refractivity contribution in [2.75, 3.05) is 0 Å². The Morgan fingerprint density at radius 2 is 2.26 bits per heavy atom. The first-order chi connectivity index (χ1) is 9.06. The van der Waals surface area contributed by atoms with Gasteiger partial charge in [-0.2, -0.15) is 0 Å². The van der Waals surface area contributed by atoms with Gasteiger partial charge in [0.1, 0.15) is 5.82 Å². The second kappa shape index (κ2) is 5.90. The van der Waals surface area contributed by atoms with Gasteiger partial charge < -0.3 is 10.4 Å². The molecule has 100 valence electrons. The van der Waals surface area contributed by atoms with E-state index in [1.165, 1.54) is 18.2 Å². The smallest absolute Gasteiger partial charge is 0.335 e. The first-order valence-corrected chi connectivity index (χ1v) is 6.51. The van der Waals surface area contributed by atoms with E-state index < -0.39 is 11.8 Å². The molecule has 1 aromatic heterocycles. The van der Waals surface area contributed by atoms with E-state index in [9.17, 15) is 9.18 Å². The van der Waals surface area contributed by atoms with Gasteiger partial charge in [-0.3, -0.25) is 0 Å². The van der Waals surface area contributed by atoms with E-state index in [0.29, 0.717) is 12.1 Å². The first kappa shape index (κ1) is 13.6. The van der Waals surface area contributed by atoms with Gasteiger partial charge in [0, 0.05) is 29.7 Å². The summed E-state index contributed by atoms with van der Waals surface area (Å²) in [5, 5.41) is 12.9. The molecule has 2 N–H and O–H groups in total. The number of thiazole rings is 1. The quantitative estimate of drug-likeness (QED) is 0.883. The summed E-state index contributed by atoms with van der Waals surface area (Å²) in [5.41, 5.74) is 0.438. The number of aryl methyl sites for hydroxylation is 1. The highest BCUT2D eigenvalue weighted by Gasteiger charge is 2.08. The van der Waals surface area contributed by atoms with Crippen molar-refractivity contribution in [3.8, 4) is 0 Å². The van der Waals surface area contributed by atoms with Crippen LogP contribution < -0.4 is 5.32 Å². The Labute approximate surface area is 113 Å². The molecular formula is C13H13FN2O2S. The topological polar surface area (TPSA) is 62.2 Å². The molecule has 0 bridgehead atoms. The van der Waals surface area contributed by atoms with Crippen LogP contribution in [-0.2, 0) is 13.1 Å². The van der Waals surface area contributed by atoms with E-state index in [1.54, 1.807) is 17.5 Å². The maximum Gasteiger partial charge on any atom is 0.335 e. The number of carboxylic acid groups (broad SMARTS) is 1. The zero-order valence-corrected chi connectivity index (χ0v) is 11.1. The Hall–Kier alpha value is -1.79. The third-order valence-electron chi connectivity index (χ3n) is 2.58. The molecule has 2 aromatic rings. The van der Waals surface area contributed by atoms with Crippen molar-refractivity contribution in [3.05, 3.63) is 51.2 Å². The number of hydrogen-bond acceptors (Lipinski definition) is 4. The summed E-state index contributed by atoms with van der Waals surface area (Å²) in [7, 11) is 0. The number of aromatic carboxylic acids is 1. The van der Waals surface area contributed by atoms with Gasteiger partial charge in [0.15, 0.2) is 0 Å². The van der Waals surface area contributed by atoms with Crippen molar-refractivity contribution in [1.29, 1.82) is 0 Å². The van der Waals surface area contributed by atoms with Crippen LogP contribution in [0.4, 0.5) is 4.39 Å². The Morgan fingerprint density at radius 1 is 1.47 bits per heavy atom. The van der Waals surface area contributed by atoms with Crippen molar-refractivity contribution in [2.24, 2.45) is 0 Å². The molecule has 0 atom stereocenters. The molecule has 4 nitrogen and oxygen atoms in total. The molecule has 0 unspecified atom stereocenters. The molecule has 0 aliphatic heterocycles. The number of benzene rings is 1. The molecule has 0 aliphatic rings. The number of halogens is 1. The number of rotatable bonds is 5. The van der Waals surface area contributed by atoms with Gasteiger partial charge in [-0.15, -0.1) is 11.3 Å². The fourth-order valence-electron chi connectivity index (χ4n) is 1.65. The Bertz CT molecular complexity index is 598. The molecule has 2 rings (SSSR count). The minimum atomic E-state index is -1.06. The molecular weight excluding hydrogens is 267 g/mol. The predicted octanol–water partition coefficient (Wildman–Crippen LogP) is 2.58. The van der Waals surface area contributed by atoms with E-state index >= 15 is 0 Å². The largest absolute Gasteiger partial charge is 0.478 e. The van der Waals surface area contributed by atoms with Crippen LogP contribution in [0.3, 0.4) is 0 Å². The number of carboxylic acids is 1. The highest BCUT2D eigenvalue weighted by Crippen LogP contribution is 2.13. The maximum absolute atomic E-state index is 13.5. The zero-order chi connectivity index (χ0) is 13.8. The Morgan fingerprint density at radius 3 is 2.89 bits per heavy atom. The first-order valence-electron chi connectivity index (χ1n) is 5.70. The third-order valence-corrected chi connectivity index (χ3v) is 3.49. The summed E-state index contributed by atoms with van der Waals surface area (Å²) in [5.74, 6) is -1.46. The number of hydrogen-bond donors (Lipinski definition) is 2. The highest BCUT2D eigenvalue weighted by atomic mass is 32.1. The second-order valence-corrected chi connectivity index (χ2v) is 5.38. The van der Waals surface area contributed by atoms with Crippen LogP contribution in [0.2, 0.25) is 0 Å². The van der Waals surface area contributed by atoms with Gasteiger partial charge >= 0.3 is 5.97 Å². The molecule has 6 heteroatoms. The standard InChI is InChI=1S/C13H13FN2O2S/c1-8-16-7-11(19-8)6-15-5-10-4-9(13(17)18)2-3-12(10)14/h2-4,7,15H,5-6H2,1H3,(H,17,18). The van der Waals surface area contributed by atoms with Crippen molar-refractivity contribution in [3.63, 3.8) is 0 Å². The highest BCUT2D eigenvalue weighted by molar-refractivity contribution is 7.11. The molecule has 0 radical (unpaired) electrons. The number of nitrogens with zero attached hydrogens (tertiary/aromatic N) is 1. The van der Waals surface area contributed by atoms with Crippen molar-refractivity contribution in [1.82, 2.24) is 10.3 Å². The Kier molecular flexibility index (Phi) is 4.24. The van der Waals surface area contributed by atoms with E-state index in [-0.39, 0.29) is 12.1 Å². The molecule has 19 heavy (non-hydrogen) atoms. The predicted molar refractivity (Wildman–Crippen MR) is 70.8 cm³/mol. The van der Waals surface area contributed by atoms with Crippen LogP contribution in [-0.4, -0.2) is 16.1 Å². The fraction of sp³-hybridized carbons (Fsp3) is 0.231. The van der Waals surface area contributed by atoms with E-state index in [0.717, 1.165) is 9.88 Å². The summed E-state index contributed by atoms with van der Waals surface area (Å²) in [4.78, 5) is 16.0. The molecule has 0 amide bonds. The second-order valence-electron chi connectivity index (χ2n) is 4.06. The maximum atomic E-state index is 13.5. The van der Waals surface area contributed by atoms with Crippen LogP contribution in [0.25, 0.3) is 0 Å². The van der Waals surface area contributed by atoms with E-state index in [2.05, 4.69) is 10.3 Å².